The fourth-order valence-electron chi connectivity index (χ4n) is 2.83. The standard InChI is InChI=1S/C17H26N2O2/c1-12-8-13(2)10-15(9-12)11-14(3)18-17(21)19(6-7-20)16-4-5-16/h8-10,14,16,20H,4-7,11H2,1-3H3,(H,18,21)/t14-/m1/s1. The molecule has 4 heteroatoms. The van der Waals surface area contributed by atoms with Crippen molar-refractivity contribution in [2.75, 3.05) is 13.2 Å². The summed E-state index contributed by atoms with van der Waals surface area (Å²) in [5.74, 6) is 0. The molecule has 0 spiro atoms. The quantitative estimate of drug-likeness (QED) is 0.845. The Kier molecular flexibility index (Phi) is 5.23. The highest BCUT2D eigenvalue weighted by Crippen LogP contribution is 2.26. The van der Waals surface area contributed by atoms with Crippen LogP contribution in [0.25, 0.3) is 0 Å². The van der Waals surface area contributed by atoms with Crippen LogP contribution in [0.1, 0.15) is 36.5 Å². The van der Waals surface area contributed by atoms with Gasteiger partial charge in [-0.2, -0.15) is 0 Å². The number of aliphatic hydroxyl groups is 1. The van der Waals surface area contributed by atoms with E-state index >= 15 is 0 Å². The lowest BCUT2D eigenvalue weighted by atomic mass is 10.0. The van der Waals surface area contributed by atoms with Crippen molar-refractivity contribution in [2.45, 2.75) is 52.1 Å². The third-order valence-corrected chi connectivity index (χ3v) is 3.78. The Balaban J connectivity index is 1.90. The molecule has 1 saturated carbocycles. The number of rotatable bonds is 6. The van der Waals surface area contributed by atoms with Crippen LogP contribution in [0.3, 0.4) is 0 Å². The fourth-order valence-corrected chi connectivity index (χ4v) is 2.83. The number of carbonyl (C=O) groups is 1. The van der Waals surface area contributed by atoms with Crippen LogP contribution in [0.15, 0.2) is 18.2 Å². The molecular weight excluding hydrogens is 264 g/mol. The molecule has 1 aromatic rings. The molecule has 1 aliphatic rings. The number of amides is 2. The summed E-state index contributed by atoms with van der Waals surface area (Å²) < 4.78 is 0. The number of nitrogens with zero attached hydrogens (tertiary/aromatic N) is 1. The Morgan fingerprint density at radius 2 is 1.95 bits per heavy atom. The van der Waals surface area contributed by atoms with Crippen molar-refractivity contribution >= 4 is 6.03 Å². The van der Waals surface area contributed by atoms with E-state index in [1.54, 1.807) is 4.90 Å². The van der Waals surface area contributed by atoms with E-state index < -0.39 is 0 Å². The average molecular weight is 290 g/mol. The number of hydrogen-bond acceptors (Lipinski definition) is 2. The van der Waals surface area contributed by atoms with Crippen molar-refractivity contribution in [1.29, 1.82) is 0 Å². The van der Waals surface area contributed by atoms with Gasteiger partial charge in [-0.25, -0.2) is 4.79 Å². The Hall–Kier alpha value is -1.55. The normalized spacial score (nSPS) is 15.6. The highest BCUT2D eigenvalue weighted by Gasteiger charge is 2.32. The first-order valence-corrected chi connectivity index (χ1v) is 7.74. The van der Waals surface area contributed by atoms with Gasteiger partial charge in [-0.1, -0.05) is 29.3 Å². The van der Waals surface area contributed by atoms with Crippen molar-refractivity contribution < 1.29 is 9.90 Å². The molecule has 2 N–H and O–H groups in total. The van der Waals surface area contributed by atoms with E-state index in [-0.39, 0.29) is 18.7 Å². The maximum atomic E-state index is 12.3. The summed E-state index contributed by atoms with van der Waals surface area (Å²) in [6.45, 7) is 6.66. The van der Waals surface area contributed by atoms with Crippen LogP contribution in [0.5, 0.6) is 0 Å². The van der Waals surface area contributed by atoms with Gasteiger partial charge in [0.1, 0.15) is 0 Å². The second kappa shape index (κ2) is 6.94. The molecule has 0 heterocycles. The Morgan fingerprint density at radius 1 is 1.33 bits per heavy atom. The minimum atomic E-state index is -0.0524. The molecule has 1 aromatic carbocycles. The zero-order valence-electron chi connectivity index (χ0n) is 13.2. The highest BCUT2D eigenvalue weighted by molar-refractivity contribution is 5.75. The SMILES string of the molecule is Cc1cc(C)cc(C[C@@H](C)NC(=O)N(CCO)C2CC2)c1. The Labute approximate surface area is 127 Å². The van der Waals surface area contributed by atoms with Crippen LogP contribution in [-0.2, 0) is 6.42 Å². The van der Waals surface area contributed by atoms with Crippen LogP contribution in [0, 0.1) is 13.8 Å². The number of carbonyl (C=O) groups excluding carboxylic acids is 1. The first-order valence-electron chi connectivity index (χ1n) is 7.74. The van der Waals surface area contributed by atoms with Crippen LogP contribution in [0.2, 0.25) is 0 Å². The molecule has 0 saturated heterocycles. The van der Waals surface area contributed by atoms with Crippen LogP contribution < -0.4 is 5.32 Å². The molecule has 0 unspecified atom stereocenters. The summed E-state index contributed by atoms with van der Waals surface area (Å²) in [6, 6.07) is 6.85. The van der Waals surface area contributed by atoms with Crippen molar-refractivity contribution in [3.05, 3.63) is 34.9 Å². The molecule has 21 heavy (non-hydrogen) atoms. The molecular formula is C17H26N2O2. The number of hydrogen-bond donors (Lipinski definition) is 2. The van der Waals surface area contributed by atoms with E-state index in [9.17, 15) is 4.79 Å². The number of benzene rings is 1. The first kappa shape index (κ1) is 15.8. The first-order chi connectivity index (χ1) is 9.99. The average Bonchev–Trinajstić information content (AvgIpc) is 3.18. The molecule has 116 valence electrons. The molecule has 1 aliphatic carbocycles. The molecule has 2 rings (SSSR count). The van der Waals surface area contributed by atoms with Crippen molar-refractivity contribution in [2.24, 2.45) is 0 Å². The topological polar surface area (TPSA) is 52.6 Å². The molecule has 0 radical (unpaired) electrons. The maximum Gasteiger partial charge on any atom is 0.317 e. The van der Waals surface area contributed by atoms with Gasteiger partial charge in [0.05, 0.1) is 6.61 Å². The van der Waals surface area contributed by atoms with Crippen molar-refractivity contribution in [3.8, 4) is 0 Å². The maximum absolute atomic E-state index is 12.3. The summed E-state index contributed by atoms with van der Waals surface area (Å²) in [7, 11) is 0. The van der Waals surface area contributed by atoms with Gasteiger partial charge in [-0.3, -0.25) is 0 Å². The summed E-state index contributed by atoms with van der Waals surface area (Å²) in [5.41, 5.74) is 3.76. The van der Waals surface area contributed by atoms with Crippen molar-refractivity contribution in [3.63, 3.8) is 0 Å². The van der Waals surface area contributed by atoms with Gasteiger partial charge in [0.15, 0.2) is 0 Å². The third kappa shape index (κ3) is 4.74. The van der Waals surface area contributed by atoms with Gasteiger partial charge in [-0.05, 0) is 45.6 Å². The lowest BCUT2D eigenvalue weighted by Crippen LogP contribution is -2.46. The number of urea groups is 1. The van der Waals surface area contributed by atoms with Crippen LogP contribution >= 0.6 is 0 Å². The zero-order chi connectivity index (χ0) is 15.4. The predicted molar refractivity (Wildman–Crippen MR) is 84.4 cm³/mol. The molecule has 4 nitrogen and oxygen atoms in total. The van der Waals surface area contributed by atoms with E-state index in [2.05, 4.69) is 37.4 Å². The summed E-state index contributed by atoms with van der Waals surface area (Å²) in [4.78, 5) is 14.0. The van der Waals surface area contributed by atoms with Gasteiger partial charge in [0.25, 0.3) is 0 Å². The Bertz CT molecular complexity index is 477. The smallest absolute Gasteiger partial charge is 0.317 e. The minimum absolute atomic E-state index is 0.0232. The molecule has 0 aromatic heterocycles. The van der Waals surface area contributed by atoms with E-state index in [0.29, 0.717) is 12.6 Å². The minimum Gasteiger partial charge on any atom is -0.395 e. The van der Waals surface area contributed by atoms with Gasteiger partial charge >= 0.3 is 6.03 Å². The van der Waals surface area contributed by atoms with Gasteiger partial charge in [-0.15, -0.1) is 0 Å². The Morgan fingerprint density at radius 3 is 2.48 bits per heavy atom. The largest absolute Gasteiger partial charge is 0.395 e. The van der Waals surface area contributed by atoms with Gasteiger partial charge in [0, 0.05) is 18.6 Å². The predicted octanol–water partition coefficient (Wildman–Crippen LogP) is 2.40. The number of nitrogens with one attached hydrogen (secondary N) is 1. The van der Waals surface area contributed by atoms with Gasteiger partial charge in [0.2, 0.25) is 0 Å². The van der Waals surface area contributed by atoms with E-state index in [1.165, 1.54) is 16.7 Å². The summed E-state index contributed by atoms with van der Waals surface area (Å²) in [6.07, 6.45) is 2.93. The molecule has 2 amide bonds. The third-order valence-electron chi connectivity index (χ3n) is 3.78. The van der Waals surface area contributed by atoms with Crippen LogP contribution in [-0.4, -0.2) is 41.3 Å². The second-order valence-corrected chi connectivity index (χ2v) is 6.20. The zero-order valence-corrected chi connectivity index (χ0v) is 13.2. The highest BCUT2D eigenvalue weighted by atomic mass is 16.3. The van der Waals surface area contributed by atoms with Gasteiger partial charge < -0.3 is 15.3 Å². The van der Waals surface area contributed by atoms with Crippen LogP contribution in [0.4, 0.5) is 4.79 Å². The van der Waals surface area contributed by atoms with E-state index in [4.69, 9.17) is 5.11 Å². The van der Waals surface area contributed by atoms with Crippen molar-refractivity contribution in [1.82, 2.24) is 10.2 Å². The monoisotopic (exact) mass is 290 g/mol. The number of aryl methyl sites for hydroxylation is 2. The van der Waals surface area contributed by atoms with E-state index in [1.807, 2.05) is 6.92 Å². The van der Waals surface area contributed by atoms with E-state index in [0.717, 1.165) is 19.3 Å². The molecule has 1 atom stereocenters. The summed E-state index contributed by atoms with van der Waals surface area (Å²) in [5, 5.41) is 12.1. The second-order valence-electron chi connectivity index (χ2n) is 6.20. The lowest BCUT2D eigenvalue weighted by Gasteiger charge is -2.24. The molecule has 0 aliphatic heterocycles. The number of aliphatic hydroxyl groups excluding tert-OH is 1. The lowest BCUT2D eigenvalue weighted by molar-refractivity contribution is 0.171. The molecule has 0 bridgehead atoms. The summed E-state index contributed by atoms with van der Waals surface area (Å²) >= 11 is 0. The fraction of sp³-hybridized carbons (Fsp3) is 0.588. The molecule has 1 fully saturated rings.